The highest BCUT2D eigenvalue weighted by Crippen LogP contribution is 2.37. The number of ether oxygens (including phenoxy) is 1. The lowest BCUT2D eigenvalue weighted by Crippen LogP contribution is -2.46. The Morgan fingerprint density at radius 2 is 2.30 bits per heavy atom. The summed E-state index contributed by atoms with van der Waals surface area (Å²) in [6.45, 7) is 0.727. The molecule has 1 amide bonds. The molecule has 20 heavy (non-hydrogen) atoms. The van der Waals surface area contributed by atoms with Crippen molar-refractivity contribution in [2.75, 3.05) is 6.61 Å². The van der Waals surface area contributed by atoms with Crippen molar-refractivity contribution in [3.05, 3.63) is 28.4 Å². The van der Waals surface area contributed by atoms with E-state index in [0.29, 0.717) is 0 Å². The van der Waals surface area contributed by atoms with Gasteiger partial charge in [-0.2, -0.15) is 0 Å². The van der Waals surface area contributed by atoms with Crippen LogP contribution in [-0.2, 0) is 4.74 Å². The van der Waals surface area contributed by atoms with Crippen LogP contribution in [0.25, 0.3) is 0 Å². The van der Waals surface area contributed by atoms with Crippen molar-refractivity contribution in [1.29, 1.82) is 0 Å². The summed E-state index contributed by atoms with van der Waals surface area (Å²) in [6, 6.07) is 0. The maximum Gasteiger partial charge on any atom is 0.284 e. The number of hydrogen-bond donors (Lipinski definition) is 4. The van der Waals surface area contributed by atoms with E-state index in [1.807, 2.05) is 0 Å². The van der Waals surface area contributed by atoms with Gasteiger partial charge in [-0.1, -0.05) is 0 Å². The number of hydrogen-bond acceptors (Lipinski definition) is 7. The molecule has 9 heteroatoms. The minimum absolute atomic E-state index is 0.506. The standard InChI is InChI=1S/C11H15N3O6/c1-11(19)7(16)5(4-15)20-10(11)14-3-2-13-6(8(12)17)9(14)18/h2-3,5,7,10,15-16,19H,4H2,1H3,(H2,12,17)/t5-,7-,10+,11-/m1/s1. The molecule has 0 saturated carbocycles. The summed E-state index contributed by atoms with van der Waals surface area (Å²) in [5.74, 6) is -1.01. The number of primary amides is 1. The largest absolute Gasteiger partial charge is 0.394 e. The van der Waals surface area contributed by atoms with Crippen LogP contribution in [0.4, 0.5) is 0 Å². The Bertz CT molecular complexity index is 584. The van der Waals surface area contributed by atoms with E-state index in [1.165, 1.54) is 13.1 Å². The Labute approximate surface area is 113 Å². The summed E-state index contributed by atoms with van der Waals surface area (Å²) in [5, 5.41) is 29.2. The van der Waals surface area contributed by atoms with Crippen molar-refractivity contribution in [3.8, 4) is 0 Å². The molecule has 4 atom stereocenters. The second kappa shape index (κ2) is 4.94. The quantitative estimate of drug-likeness (QED) is 0.473. The van der Waals surface area contributed by atoms with Gasteiger partial charge in [0.2, 0.25) is 0 Å². The summed E-state index contributed by atoms with van der Waals surface area (Å²) < 4.78 is 6.18. The molecule has 0 bridgehead atoms. The fourth-order valence-electron chi connectivity index (χ4n) is 2.17. The lowest BCUT2D eigenvalue weighted by Gasteiger charge is -2.27. The van der Waals surface area contributed by atoms with E-state index in [0.717, 1.165) is 10.8 Å². The Balaban J connectivity index is 2.50. The van der Waals surface area contributed by atoms with Crippen LogP contribution in [0.3, 0.4) is 0 Å². The normalized spacial score (nSPS) is 33.3. The van der Waals surface area contributed by atoms with Gasteiger partial charge in [0.25, 0.3) is 11.5 Å². The topological polar surface area (TPSA) is 148 Å². The van der Waals surface area contributed by atoms with Crippen molar-refractivity contribution in [3.63, 3.8) is 0 Å². The number of amides is 1. The monoisotopic (exact) mass is 285 g/mol. The molecule has 1 fully saturated rings. The van der Waals surface area contributed by atoms with Crippen molar-refractivity contribution in [2.24, 2.45) is 5.73 Å². The number of nitrogens with two attached hydrogens (primary N) is 1. The fourth-order valence-corrected chi connectivity index (χ4v) is 2.17. The molecule has 1 aromatic rings. The van der Waals surface area contributed by atoms with E-state index in [-0.39, 0.29) is 0 Å². The van der Waals surface area contributed by atoms with Gasteiger partial charge in [0.05, 0.1) is 6.61 Å². The van der Waals surface area contributed by atoms with Gasteiger partial charge >= 0.3 is 0 Å². The predicted molar refractivity (Wildman–Crippen MR) is 64.6 cm³/mol. The molecule has 1 saturated heterocycles. The minimum Gasteiger partial charge on any atom is -0.394 e. The third-order valence-corrected chi connectivity index (χ3v) is 3.29. The van der Waals surface area contributed by atoms with Crippen molar-refractivity contribution in [2.45, 2.75) is 31.0 Å². The molecule has 5 N–H and O–H groups in total. The molecule has 0 aromatic carbocycles. The summed E-state index contributed by atoms with van der Waals surface area (Å²) in [5.41, 5.74) is 1.84. The van der Waals surface area contributed by atoms with Gasteiger partial charge in [-0.3, -0.25) is 14.2 Å². The smallest absolute Gasteiger partial charge is 0.284 e. The van der Waals surface area contributed by atoms with Gasteiger partial charge in [0.1, 0.15) is 17.8 Å². The van der Waals surface area contributed by atoms with E-state index < -0.39 is 47.8 Å². The SMILES string of the molecule is C[C@@]1(O)[C@H](O)[C@@H](CO)O[C@@H]1n1ccnc(C(N)=O)c1=O. The number of aromatic nitrogens is 2. The summed E-state index contributed by atoms with van der Waals surface area (Å²) in [4.78, 5) is 26.7. The van der Waals surface area contributed by atoms with Crippen LogP contribution in [0.2, 0.25) is 0 Å². The molecule has 110 valence electrons. The maximum atomic E-state index is 12.1. The van der Waals surface area contributed by atoms with E-state index in [2.05, 4.69) is 4.98 Å². The van der Waals surface area contributed by atoms with Crippen LogP contribution in [0.1, 0.15) is 23.6 Å². The first-order valence-electron chi connectivity index (χ1n) is 5.84. The third-order valence-electron chi connectivity index (χ3n) is 3.29. The lowest BCUT2D eigenvalue weighted by molar-refractivity contribution is -0.0983. The van der Waals surface area contributed by atoms with E-state index in [1.54, 1.807) is 0 Å². The third kappa shape index (κ3) is 2.10. The maximum absolute atomic E-state index is 12.1. The molecule has 0 unspecified atom stereocenters. The van der Waals surface area contributed by atoms with Crippen LogP contribution in [-0.4, -0.2) is 55.2 Å². The zero-order chi connectivity index (χ0) is 15.1. The van der Waals surface area contributed by atoms with Crippen LogP contribution in [0.5, 0.6) is 0 Å². The predicted octanol–water partition coefficient (Wildman–Crippen LogP) is -2.66. The van der Waals surface area contributed by atoms with Crippen molar-refractivity contribution in [1.82, 2.24) is 9.55 Å². The molecule has 1 aliphatic heterocycles. The van der Waals surface area contributed by atoms with Crippen LogP contribution >= 0.6 is 0 Å². The van der Waals surface area contributed by atoms with E-state index >= 15 is 0 Å². The van der Waals surface area contributed by atoms with Gasteiger partial charge < -0.3 is 25.8 Å². The van der Waals surface area contributed by atoms with Gasteiger partial charge in [0, 0.05) is 12.4 Å². The van der Waals surface area contributed by atoms with Crippen LogP contribution < -0.4 is 11.3 Å². The van der Waals surface area contributed by atoms with Gasteiger partial charge in [0.15, 0.2) is 11.9 Å². The number of aliphatic hydroxyl groups is 3. The molecule has 1 aromatic heterocycles. The fraction of sp³-hybridized carbons (Fsp3) is 0.545. The Hall–Kier alpha value is -1.81. The van der Waals surface area contributed by atoms with Crippen molar-refractivity contribution < 1.29 is 24.9 Å². The summed E-state index contributed by atoms with van der Waals surface area (Å²) >= 11 is 0. The first-order chi connectivity index (χ1) is 9.30. The first kappa shape index (κ1) is 14.6. The number of nitrogens with zero attached hydrogens (tertiary/aromatic N) is 2. The molecule has 0 aliphatic carbocycles. The Morgan fingerprint density at radius 1 is 1.65 bits per heavy atom. The zero-order valence-corrected chi connectivity index (χ0v) is 10.6. The Morgan fingerprint density at radius 3 is 2.80 bits per heavy atom. The van der Waals surface area contributed by atoms with Gasteiger partial charge in [-0.05, 0) is 6.92 Å². The highest BCUT2D eigenvalue weighted by atomic mass is 16.6. The second-order valence-electron chi connectivity index (χ2n) is 4.73. The highest BCUT2D eigenvalue weighted by Gasteiger charge is 2.53. The molecule has 2 heterocycles. The average Bonchev–Trinajstić information content (AvgIpc) is 2.61. The molecular weight excluding hydrogens is 270 g/mol. The second-order valence-corrected chi connectivity index (χ2v) is 4.73. The molecule has 0 spiro atoms. The van der Waals surface area contributed by atoms with Crippen LogP contribution in [0, 0.1) is 0 Å². The minimum atomic E-state index is -1.83. The number of aliphatic hydroxyl groups excluding tert-OH is 2. The highest BCUT2D eigenvalue weighted by molar-refractivity contribution is 5.90. The first-order valence-corrected chi connectivity index (χ1v) is 5.84. The molecule has 9 nitrogen and oxygen atoms in total. The van der Waals surface area contributed by atoms with E-state index in [4.69, 9.17) is 15.6 Å². The lowest BCUT2D eigenvalue weighted by atomic mass is 9.96. The summed E-state index contributed by atoms with van der Waals surface area (Å²) in [7, 11) is 0. The number of rotatable bonds is 3. The van der Waals surface area contributed by atoms with Crippen molar-refractivity contribution >= 4 is 5.91 Å². The number of carbonyl (C=O) groups excluding carboxylic acids is 1. The van der Waals surface area contributed by atoms with Gasteiger partial charge in [-0.25, -0.2) is 4.98 Å². The summed E-state index contributed by atoms with van der Waals surface area (Å²) in [6.07, 6.45) is -1.37. The number of carbonyl (C=O) groups is 1. The average molecular weight is 285 g/mol. The van der Waals surface area contributed by atoms with E-state index in [9.17, 15) is 19.8 Å². The molecule has 1 aliphatic rings. The van der Waals surface area contributed by atoms with Crippen LogP contribution in [0.15, 0.2) is 17.2 Å². The molecule has 0 radical (unpaired) electrons. The molecule has 2 rings (SSSR count). The molecular formula is C11H15N3O6. The zero-order valence-electron chi connectivity index (χ0n) is 10.6. The Kier molecular flexibility index (Phi) is 3.61. The van der Waals surface area contributed by atoms with Gasteiger partial charge in [-0.15, -0.1) is 0 Å².